The van der Waals surface area contributed by atoms with Crippen molar-refractivity contribution in [2.24, 2.45) is 11.3 Å². The van der Waals surface area contributed by atoms with Crippen molar-refractivity contribution in [1.29, 1.82) is 0 Å². The number of ketones is 1. The predicted molar refractivity (Wildman–Crippen MR) is 96.9 cm³/mol. The van der Waals surface area contributed by atoms with Gasteiger partial charge in [0.05, 0.1) is 0 Å². The minimum atomic E-state index is 0.301. The van der Waals surface area contributed by atoms with E-state index in [1.807, 2.05) is 0 Å². The van der Waals surface area contributed by atoms with E-state index < -0.39 is 0 Å². The maximum Gasteiger partial charge on any atom is 0.130 e. The predicted octanol–water partition coefficient (Wildman–Crippen LogP) is 6.41. The quantitative estimate of drug-likeness (QED) is 0.496. The van der Waals surface area contributed by atoms with Gasteiger partial charge in [-0.1, -0.05) is 50.1 Å². The Morgan fingerprint density at radius 2 is 2.00 bits per heavy atom. The van der Waals surface area contributed by atoms with Crippen LogP contribution in [0.4, 0.5) is 0 Å². The van der Waals surface area contributed by atoms with E-state index in [1.54, 1.807) is 12.5 Å². The summed E-state index contributed by atoms with van der Waals surface area (Å²) in [7, 11) is 0. The molecule has 1 nitrogen and oxygen atoms in total. The Morgan fingerprint density at radius 1 is 1.32 bits per heavy atom. The van der Waals surface area contributed by atoms with Crippen molar-refractivity contribution in [2.75, 3.05) is 0 Å². The standard InChI is InChI=1S/C21H34O/c1-16(9-7-10-17(2)15-19(4)22)12-13-20-18(3)11-8-14-21(20,5)6/h9,12-13,17H,7-8,10-11,14-15H2,1-6H3/b13-12+,16-9+. The van der Waals surface area contributed by atoms with Gasteiger partial charge >= 0.3 is 0 Å². The summed E-state index contributed by atoms with van der Waals surface area (Å²) in [5, 5.41) is 0. The monoisotopic (exact) mass is 302 g/mol. The molecule has 22 heavy (non-hydrogen) atoms. The highest BCUT2D eigenvalue weighted by molar-refractivity contribution is 5.75. The number of rotatable bonds is 7. The Kier molecular flexibility index (Phi) is 7.32. The summed E-state index contributed by atoms with van der Waals surface area (Å²) >= 11 is 0. The van der Waals surface area contributed by atoms with Gasteiger partial charge in [0.25, 0.3) is 0 Å². The molecule has 0 aromatic rings. The van der Waals surface area contributed by atoms with Crippen LogP contribution in [0, 0.1) is 11.3 Å². The Bertz CT molecular complexity index is 474. The maximum atomic E-state index is 11.1. The molecule has 1 rings (SSSR count). The molecule has 0 aromatic heterocycles. The Balaban J connectivity index is 2.58. The van der Waals surface area contributed by atoms with Gasteiger partial charge in [-0.25, -0.2) is 0 Å². The number of allylic oxidation sites excluding steroid dienone is 6. The molecule has 0 aliphatic heterocycles. The minimum absolute atomic E-state index is 0.301. The third-order valence-corrected chi connectivity index (χ3v) is 4.82. The molecule has 0 heterocycles. The topological polar surface area (TPSA) is 17.1 Å². The Morgan fingerprint density at radius 3 is 2.59 bits per heavy atom. The van der Waals surface area contributed by atoms with E-state index in [0.29, 0.717) is 23.5 Å². The molecule has 0 radical (unpaired) electrons. The van der Waals surface area contributed by atoms with E-state index >= 15 is 0 Å². The first-order valence-electron chi connectivity index (χ1n) is 8.77. The lowest BCUT2D eigenvalue weighted by Crippen LogP contribution is -2.19. The van der Waals surface area contributed by atoms with Crippen LogP contribution >= 0.6 is 0 Å². The van der Waals surface area contributed by atoms with Gasteiger partial charge in [0, 0.05) is 6.42 Å². The van der Waals surface area contributed by atoms with Gasteiger partial charge in [-0.15, -0.1) is 0 Å². The van der Waals surface area contributed by atoms with Crippen molar-refractivity contribution in [3.63, 3.8) is 0 Å². The van der Waals surface area contributed by atoms with Crippen LogP contribution in [0.3, 0.4) is 0 Å². The molecule has 1 atom stereocenters. The van der Waals surface area contributed by atoms with Gasteiger partial charge in [0.2, 0.25) is 0 Å². The first-order chi connectivity index (χ1) is 10.2. The Labute approximate surface area is 137 Å². The van der Waals surface area contributed by atoms with E-state index in [2.05, 4.69) is 52.8 Å². The molecule has 1 heteroatoms. The fourth-order valence-corrected chi connectivity index (χ4v) is 3.48. The van der Waals surface area contributed by atoms with E-state index in [0.717, 1.165) is 12.8 Å². The van der Waals surface area contributed by atoms with Crippen LogP contribution in [-0.4, -0.2) is 5.78 Å². The van der Waals surface area contributed by atoms with Crippen LogP contribution in [-0.2, 0) is 4.79 Å². The number of hydrogen-bond acceptors (Lipinski definition) is 1. The normalized spacial score (nSPS) is 20.5. The zero-order chi connectivity index (χ0) is 16.8. The van der Waals surface area contributed by atoms with Gasteiger partial charge < -0.3 is 4.79 Å². The van der Waals surface area contributed by atoms with E-state index in [4.69, 9.17) is 0 Å². The van der Waals surface area contributed by atoms with E-state index in [1.165, 1.54) is 30.4 Å². The van der Waals surface area contributed by atoms with Crippen molar-refractivity contribution >= 4 is 5.78 Å². The second-order valence-electron chi connectivity index (χ2n) is 7.80. The van der Waals surface area contributed by atoms with Crippen molar-refractivity contribution in [2.45, 2.75) is 80.1 Å². The molecule has 1 aliphatic carbocycles. The van der Waals surface area contributed by atoms with Gasteiger partial charge in [-0.2, -0.15) is 0 Å². The van der Waals surface area contributed by atoms with Crippen molar-refractivity contribution in [3.05, 3.63) is 34.9 Å². The summed E-state index contributed by atoms with van der Waals surface area (Å²) < 4.78 is 0. The summed E-state index contributed by atoms with van der Waals surface area (Å²) in [5.74, 6) is 0.794. The molecular formula is C21H34O. The zero-order valence-corrected chi connectivity index (χ0v) is 15.5. The third-order valence-electron chi connectivity index (χ3n) is 4.82. The van der Waals surface area contributed by atoms with E-state index in [9.17, 15) is 4.79 Å². The maximum absolute atomic E-state index is 11.1. The Hall–Kier alpha value is -1.11. The molecule has 0 aromatic carbocycles. The van der Waals surface area contributed by atoms with Crippen LogP contribution < -0.4 is 0 Å². The number of carbonyl (C=O) groups is 1. The molecule has 0 spiro atoms. The SMILES string of the molecule is CC(=O)CC(C)CC/C=C(C)/C=C/C1=C(C)CCCC1(C)C. The lowest BCUT2D eigenvalue weighted by molar-refractivity contribution is -0.117. The number of carbonyl (C=O) groups excluding carboxylic acids is 1. The number of hydrogen-bond donors (Lipinski definition) is 0. The average Bonchev–Trinajstić information content (AvgIpc) is 2.36. The molecule has 0 N–H and O–H groups in total. The lowest BCUT2D eigenvalue weighted by atomic mass is 9.72. The largest absolute Gasteiger partial charge is 0.300 e. The van der Waals surface area contributed by atoms with Crippen molar-refractivity contribution in [3.8, 4) is 0 Å². The smallest absolute Gasteiger partial charge is 0.130 e. The molecule has 0 fully saturated rings. The van der Waals surface area contributed by atoms with E-state index in [-0.39, 0.29) is 0 Å². The average molecular weight is 303 g/mol. The molecule has 0 saturated carbocycles. The molecule has 0 amide bonds. The molecule has 0 bridgehead atoms. The van der Waals surface area contributed by atoms with Crippen molar-refractivity contribution < 1.29 is 4.79 Å². The molecular weight excluding hydrogens is 268 g/mol. The minimum Gasteiger partial charge on any atom is -0.300 e. The van der Waals surface area contributed by atoms with Crippen LogP contribution in [0.2, 0.25) is 0 Å². The van der Waals surface area contributed by atoms with Crippen LogP contribution in [0.5, 0.6) is 0 Å². The van der Waals surface area contributed by atoms with Crippen LogP contribution in [0.25, 0.3) is 0 Å². The van der Waals surface area contributed by atoms with Gasteiger partial charge in [-0.3, -0.25) is 0 Å². The summed E-state index contributed by atoms with van der Waals surface area (Å²) in [6.07, 6.45) is 13.6. The summed E-state index contributed by atoms with van der Waals surface area (Å²) in [4.78, 5) is 11.1. The van der Waals surface area contributed by atoms with Gasteiger partial charge in [0.1, 0.15) is 5.78 Å². The highest BCUT2D eigenvalue weighted by atomic mass is 16.1. The second kappa shape index (κ2) is 8.50. The summed E-state index contributed by atoms with van der Waals surface area (Å²) in [6.45, 7) is 13.0. The fraction of sp³-hybridized carbons (Fsp3) is 0.667. The first-order valence-corrected chi connectivity index (χ1v) is 8.77. The summed E-state index contributed by atoms with van der Waals surface area (Å²) in [5.41, 5.74) is 4.72. The molecule has 1 aliphatic rings. The van der Waals surface area contributed by atoms with Crippen molar-refractivity contribution in [1.82, 2.24) is 0 Å². The lowest BCUT2D eigenvalue weighted by Gasteiger charge is -2.32. The molecule has 124 valence electrons. The van der Waals surface area contributed by atoms with Gasteiger partial charge in [-0.05, 0) is 69.8 Å². The third kappa shape index (κ3) is 6.34. The van der Waals surface area contributed by atoms with Gasteiger partial charge in [0.15, 0.2) is 0 Å². The fourth-order valence-electron chi connectivity index (χ4n) is 3.48. The molecule has 0 saturated heterocycles. The molecule has 1 unspecified atom stereocenters. The highest BCUT2D eigenvalue weighted by Gasteiger charge is 2.26. The van der Waals surface area contributed by atoms with Crippen LogP contribution in [0.1, 0.15) is 80.1 Å². The summed E-state index contributed by atoms with van der Waals surface area (Å²) in [6, 6.07) is 0. The number of Topliss-reactive ketones (excluding diaryl/α,β-unsaturated/α-hetero) is 1. The van der Waals surface area contributed by atoms with Crippen LogP contribution in [0.15, 0.2) is 34.9 Å². The first kappa shape index (κ1) is 18.9. The second-order valence-corrected chi connectivity index (χ2v) is 7.80. The highest BCUT2D eigenvalue weighted by Crippen LogP contribution is 2.40. The zero-order valence-electron chi connectivity index (χ0n) is 15.5.